The van der Waals surface area contributed by atoms with Crippen LogP contribution in [0.3, 0.4) is 0 Å². The first kappa shape index (κ1) is 10.9. The van der Waals surface area contributed by atoms with E-state index in [1.807, 2.05) is 0 Å². The molecule has 0 aromatic rings. The Morgan fingerprint density at radius 1 is 1.33 bits per heavy atom. The van der Waals surface area contributed by atoms with E-state index in [4.69, 9.17) is 10.8 Å². The van der Waals surface area contributed by atoms with Gasteiger partial charge < -0.3 is 16.2 Å². The molecule has 2 amide bonds. The van der Waals surface area contributed by atoms with E-state index in [2.05, 4.69) is 5.32 Å². The normalized spacial score (nSPS) is 9.42. The van der Waals surface area contributed by atoms with Crippen molar-refractivity contribution >= 4 is 11.8 Å². The number of carbonyl (C=O) groups is 2. The van der Waals surface area contributed by atoms with Crippen molar-refractivity contribution in [3.8, 4) is 0 Å². The van der Waals surface area contributed by atoms with E-state index in [1.165, 1.54) is 0 Å². The van der Waals surface area contributed by atoms with E-state index in [-0.39, 0.29) is 25.4 Å². The van der Waals surface area contributed by atoms with Gasteiger partial charge in [0.25, 0.3) is 0 Å². The number of amides is 2. The second-order valence-electron chi connectivity index (χ2n) is 2.39. The molecular formula is C7H14N2O3. The van der Waals surface area contributed by atoms with Crippen molar-refractivity contribution in [3.05, 3.63) is 0 Å². The van der Waals surface area contributed by atoms with Crippen LogP contribution in [0.2, 0.25) is 0 Å². The zero-order valence-electron chi connectivity index (χ0n) is 6.88. The zero-order chi connectivity index (χ0) is 9.40. The summed E-state index contributed by atoms with van der Waals surface area (Å²) in [5.41, 5.74) is 4.84. The highest BCUT2D eigenvalue weighted by molar-refractivity contribution is 5.82. The summed E-state index contributed by atoms with van der Waals surface area (Å²) in [6, 6.07) is 0. The van der Waals surface area contributed by atoms with Gasteiger partial charge in [0.15, 0.2) is 0 Å². The molecule has 0 aromatic carbocycles. The van der Waals surface area contributed by atoms with Crippen molar-refractivity contribution < 1.29 is 14.7 Å². The van der Waals surface area contributed by atoms with Crippen molar-refractivity contribution in [2.24, 2.45) is 5.73 Å². The lowest BCUT2D eigenvalue weighted by molar-refractivity contribution is -0.125. The number of rotatable bonds is 6. The van der Waals surface area contributed by atoms with Crippen LogP contribution in [0.5, 0.6) is 0 Å². The minimum Gasteiger partial charge on any atom is -0.396 e. The maximum Gasteiger partial charge on any atom is 0.220 e. The van der Waals surface area contributed by atoms with E-state index in [0.29, 0.717) is 13.0 Å². The summed E-state index contributed by atoms with van der Waals surface area (Å²) in [6.45, 7) is 0.490. The lowest BCUT2D eigenvalue weighted by atomic mass is 10.3. The highest BCUT2D eigenvalue weighted by atomic mass is 16.3. The van der Waals surface area contributed by atoms with Gasteiger partial charge in [-0.3, -0.25) is 9.59 Å². The first-order valence-corrected chi connectivity index (χ1v) is 3.82. The summed E-state index contributed by atoms with van der Waals surface area (Å²) in [5.74, 6) is -0.686. The Kier molecular flexibility index (Phi) is 6.00. The number of primary amides is 1. The summed E-state index contributed by atoms with van der Waals surface area (Å²) >= 11 is 0. The molecule has 70 valence electrons. The third-order valence-corrected chi connectivity index (χ3v) is 1.26. The van der Waals surface area contributed by atoms with Crippen molar-refractivity contribution in [2.45, 2.75) is 19.3 Å². The zero-order valence-corrected chi connectivity index (χ0v) is 6.88. The number of aliphatic hydroxyl groups is 1. The van der Waals surface area contributed by atoms with Gasteiger partial charge in [-0.1, -0.05) is 0 Å². The molecule has 0 heterocycles. The Morgan fingerprint density at radius 2 is 2.00 bits per heavy atom. The summed E-state index contributed by atoms with van der Waals surface area (Å²) < 4.78 is 0. The quantitative estimate of drug-likeness (QED) is 0.439. The molecule has 0 aliphatic carbocycles. The third kappa shape index (κ3) is 7.01. The topological polar surface area (TPSA) is 92.4 Å². The Bertz CT molecular complexity index is 159. The second kappa shape index (κ2) is 6.60. The molecule has 0 rings (SSSR count). The fourth-order valence-electron chi connectivity index (χ4n) is 0.632. The smallest absolute Gasteiger partial charge is 0.220 e. The van der Waals surface area contributed by atoms with Crippen LogP contribution in [0, 0.1) is 0 Å². The number of aliphatic hydroxyl groups excluding tert-OH is 1. The lowest BCUT2D eigenvalue weighted by Crippen LogP contribution is -2.26. The molecule has 0 aromatic heterocycles. The van der Waals surface area contributed by atoms with Gasteiger partial charge in [-0.2, -0.15) is 0 Å². The molecule has 5 heteroatoms. The van der Waals surface area contributed by atoms with Crippen LogP contribution in [0.4, 0.5) is 0 Å². The lowest BCUT2D eigenvalue weighted by Gasteiger charge is -2.01. The molecule has 0 unspecified atom stereocenters. The molecule has 0 spiro atoms. The van der Waals surface area contributed by atoms with Crippen molar-refractivity contribution in [1.29, 1.82) is 0 Å². The van der Waals surface area contributed by atoms with Gasteiger partial charge in [0, 0.05) is 26.0 Å². The van der Waals surface area contributed by atoms with Gasteiger partial charge >= 0.3 is 0 Å². The number of hydrogen-bond donors (Lipinski definition) is 3. The standard InChI is InChI=1S/C7H14N2O3/c8-6(11)2-3-7(12)9-4-1-5-10/h10H,1-5H2,(H2,8,11)(H,9,12). The van der Waals surface area contributed by atoms with Gasteiger partial charge in [-0.25, -0.2) is 0 Å². The first-order valence-electron chi connectivity index (χ1n) is 3.82. The molecule has 0 fully saturated rings. The van der Waals surface area contributed by atoms with E-state index >= 15 is 0 Å². The molecule has 0 radical (unpaired) electrons. The third-order valence-electron chi connectivity index (χ3n) is 1.26. The van der Waals surface area contributed by atoms with Gasteiger partial charge in [0.1, 0.15) is 0 Å². The molecule has 0 saturated heterocycles. The van der Waals surface area contributed by atoms with Crippen LogP contribution >= 0.6 is 0 Å². The van der Waals surface area contributed by atoms with Crippen LogP contribution < -0.4 is 11.1 Å². The maximum absolute atomic E-state index is 10.8. The van der Waals surface area contributed by atoms with Crippen molar-refractivity contribution in [1.82, 2.24) is 5.32 Å². The van der Waals surface area contributed by atoms with Crippen LogP contribution in [0.25, 0.3) is 0 Å². The SMILES string of the molecule is NC(=O)CCC(=O)NCCCO. The average molecular weight is 174 g/mol. The van der Waals surface area contributed by atoms with Gasteiger partial charge in [-0.15, -0.1) is 0 Å². The van der Waals surface area contributed by atoms with Gasteiger partial charge in [0.05, 0.1) is 0 Å². The minimum atomic E-state index is -0.479. The first-order chi connectivity index (χ1) is 5.66. The summed E-state index contributed by atoms with van der Waals surface area (Å²) in [6.07, 6.45) is 0.730. The van der Waals surface area contributed by atoms with Gasteiger partial charge in [0.2, 0.25) is 11.8 Å². The summed E-state index contributed by atoms with van der Waals surface area (Å²) in [5, 5.41) is 10.9. The Morgan fingerprint density at radius 3 is 2.50 bits per heavy atom. The largest absolute Gasteiger partial charge is 0.396 e. The average Bonchev–Trinajstić information content (AvgIpc) is 2.01. The number of hydrogen-bond acceptors (Lipinski definition) is 3. The fraction of sp³-hybridized carbons (Fsp3) is 0.714. The predicted molar refractivity (Wildman–Crippen MR) is 43.1 cm³/mol. The Labute approximate surface area is 70.9 Å². The monoisotopic (exact) mass is 174 g/mol. The molecular weight excluding hydrogens is 160 g/mol. The predicted octanol–water partition coefficient (Wildman–Crippen LogP) is -1.25. The summed E-state index contributed by atoms with van der Waals surface area (Å²) in [4.78, 5) is 21.1. The molecule has 5 nitrogen and oxygen atoms in total. The van der Waals surface area contributed by atoms with E-state index in [1.54, 1.807) is 0 Å². The molecule has 0 bridgehead atoms. The number of nitrogens with two attached hydrogens (primary N) is 1. The van der Waals surface area contributed by atoms with Gasteiger partial charge in [-0.05, 0) is 6.42 Å². The fourth-order valence-corrected chi connectivity index (χ4v) is 0.632. The minimum absolute atomic E-state index is 0.0517. The van der Waals surface area contributed by atoms with Crippen molar-refractivity contribution in [2.75, 3.05) is 13.2 Å². The van der Waals surface area contributed by atoms with Crippen LogP contribution in [0.15, 0.2) is 0 Å². The van der Waals surface area contributed by atoms with E-state index in [0.717, 1.165) is 0 Å². The van der Waals surface area contributed by atoms with Crippen LogP contribution in [0.1, 0.15) is 19.3 Å². The van der Waals surface area contributed by atoms with Crippen LogP contribution in [-0.4, -0.2) is 30.1 Å². The molecule has 0 aliphatic heterocycles. The molecule has 0 aliphatic rings. The molecule has 0 atom stereocenters. The van der Waals surface area contributed by atoms with Crippen molar-refractivity contribution in [3.63, 3.8) is 0 Å². The second-order valence-corrected chi connectivity index (χ2v) is 2.39. The Hall–Kier alpha value is -1.10. The molecule has 12 heavy (non-hydrogen) atoms. The van der Waals surface area contributed by atoms with E-state index in [9.17, 15) is 9.59 Å². The highest BCUT2D eigenvalue weighted by Crippen LogP contribution is 1.86. The summed E-state index contributed by atoms with van der Waals surface area (Å²) in [7, 11) is 0. The number of nitrogens with one attached hydrogen (secondary N) is 1. The highest BCUT2D eigenvalue weighted by Gasteiger charge is 2.02. The maximum atomic E-state index is 10.8. The molecule has 0 saturated carbocycles. The number of carbonyl (C=O) groups excluding carboxylic acids is 2. The van der Waals surface area contributed by atoms with E-state index < -0.39 is 5.91 Å². The van der Waals surface area contributed by atoms with Crippen LogP contribution in [-0.2, 0) is 9.59 Å². The Balaban J connectivity index is 3.28. The molecule has 4 N–H and O–H groups in total.